The molecule has 2 aromatic rings. The fourth-order valence-electron chi connectivity index (χ4n) is 1.50. The van der Waals surface area contributed by atoms with Crippen molar-refractivity contribution in [3.05, 3.63) is 58.3 Å². The molecule has 0 saturated carbocycles. The molecule has 3 nitrogen and oxygen atoms in total. The highest BCUT2D eigenvalue weighted by Crippen LogP contribution is 2.15. The lowest BCUT2D eigenvalue weighted by atomic mass is 10.2. The van der Waals surface area contributed by atoms with E-state index < -0.39 is 0 Å². The van der Waals surface area contributed by atoms with Gasteiger partial charge in [0.05, 0.1) is 5.69 Å². The predicted molar refractivity (Wildman–Crippen MR) is 70.6 cm³/mol. The van der Waals surface area contributed by atoms with Gasteiger partial charge >= 0.3 is 0 Å². The van der Waals surface area contributed by atoms with Gasteiger partial charge in [-0.05, 0) is 34.1 Å². The molecule has 2 rings (SSSR count). The number of hydrogen-bond acceptors (Lipinski definition) is 3. The standard InChI is InChI=1S/C13H13BrN2O/c14-11-5-6-12(16-8-11)9-15-7-10-3-1-2-4-13(10)17/h1-6,8,15,17H,7,9H2. The molecule has 17 heavy (non-hydrogen) atoms. The molecule has 1 aromatic carbocycles. The van der Waals surface area contributed by atoms with Crippen molar-refractivity contribution < 1.29 is 5.11 Å². The summed E-state index contributed by atoms with van der Waals surface area (Å²) in [5.41, 5.74) is 1.87. The summed E-state index contributed by atoms with van der Waals surface area (Å²) in [5.74, 6) is 0.323. The molecule has 0 saturated heterocycles. The van der Waals surface area contributed by atoms with Gasteiger partial charge in [-0.15, -0.1) is 0 Å². The number of phenolic OH excluding ortho intramolecular Hbond substituents is 1. The smallest absolute Gasteiger partial charge is 0.120 e. The van der Waals surface area contributed by atoms with Crippen LogP contribution in [0.3, 0.4) is 0 Å². The molecule has 0 amide bonds. The van der Waals surface area contributed by atoms with Gasteiger partial charge in [-0.3, -0.25) is 4.98 Å². The minimum Gasteiger partial charge on any atom is -0.508 e. The van der Waals surface area contributed by atoms with Crippen LogP contribution in [0.4, 0.5) is 0 Å². The number of aromatic hydroxyl groups is 1. The lowest BCUT2D eigenvalue weighted by Gasteiger charge is -2.06. The Morgan fingerprint density at radius 1 is 1.12 bits per heavy atom. The highest BCUT2D eigenvalue weighted by molar-refractivity contribution is 9.10. The van der Waals surface area contributed by atoms with Crippen molar-refractivity contribution in [3.8, 4) is 5.75 Å². The summed E-state index contributed by atoms with van der Waals surface area (Å²) in [6, 6.07) is 11.2. The van der Waals surface area contributed by atoms with Gasteiger partial charge in [0.1, 0.15) is 5.75 Å². The van der Waals surface area contributed by atoms with Crippen molar-refractivity contribution >= 4 is 15.9 Å². The maximum absolute atomic E-state index is 9.58. The summed E-state index contributed by atoms with van der Waals surface area (Å²) in [4.78, 5) is 4.26. The minimum atomic E-state index is 0.323. The second-order valence-corrected chi connectivity index (χ2v) is 4.62. The van der Waals surface area contributed by atoms with Crippen LogP contribution >= 0.6 is 15.9 Å². The third-order valence-corrected chi connectivity index (χ3v) is 2.87. The molecule has 0 atom stereocenters. The van der Waals surface area contributed by atoms with E-state index in [2.05, 4.69) is 26.2 Å². The van der Waals surface area contributed by atoms with E-state index >= 15 is 0 Å². The molecule has 0 aliphatic heterocycles. The first-order valence-electron chi connectivity index (χ1n) is 5.34. The lowest BCUT2D eigenvalue weighted by Crippen LogP contribution is -2.13. The summed E-state index contributed by atoms with van der Waals surface area (Å²) in [6.07, 6.45) is 1.77. The Kier molecular flexibility index (Phi) is 4.12. The van der Waals surface area contributed by atoms with Crippen LogP contribution in [0.15, 0.2) is 47.1 Å². The first kappa shape index (κ1) is 12.1. The number of halogens is 1. The Hall–Kier alpha value is -1.39. The Balaban J connectivity index is 1.88. The molecule has 4 heteroatoms. The van der Waals surface area contributed by atoms with Gasteiger partial charge in [0.2, 0.25) is 0 Å². The lowest BCUT2D eigenvalue weighted by molar-refractivity contribution is 0.464. The van der Waals surface area contributed by atoms with E-state index in [9.17, 15) is 5.11 Å². The van der Waals surface area contributed by atoms with E-state index in [-0.39, 0.29) is 0 Å². The van der Waals surface area contributed by atoms with Crippen LogP contribution in [0.2, 0.25) is 0 Å². The molecule has 2 N–H and O–H groups in total. The van der Waals surface area contributed by atoms with Gasteiger partial charge in [0, 0.05) is 29.3 Å². The number of benzene rings is 1. The van der Waals surface area contributed by atoms with Crippen LogP contribution in [-0.4, -0.2) is 10.1 Å². The third kappa shape index (κ3) is 3.54. The number of phenols is 1. The SMILES string of the molecule is Oc1ccccc1CNCc1ccc(Br)cn1. The largest absolute Gasteiger partial charge is 0.508 e. The molecular formula is C13H13BrN2O. The van der Waals surface area contributed by atoms with Crippen LogP contribution in [0.5, 0.6) is 5.75 Å². The first-order chi connectivity index (χ1) is 8.25. The van der Waals surface area contributed by atoms with E-state index in [4.69, 9.17) is 0 Å². The fourth-order valence-corrected chi connectivity index (χ4v) is 1.73. The summed E-state index contributed by atoms with van der Waals surface area (Å²) < 4.78 is 0.974. The van der Waals surface area contributed by atoms with Crippen LogP contribution in [-0.2, 0) is 13.1 Å². The molecule has 1 heterocycles. The molecule has 1 aromatic heterocycles. The fraction of sp³-hybridized carbons (Fsp3) is 0.154. The highest BCUT2D eigenvalue weighted by atomic mass is 79.9. The minimum absolute atomic E-state index is 0.323. The quantitative estimate of drug-likeness (QED) is 0.911. The van der Waals surface area contributed by atoms with Crippen molar-refractivity contribution in [1.82, 2.24) is 10.3 Å². The number of aromatic nitrogens is 1. The zero-order valence-corrected chi connectivity index (χ0v) is 10.8. The van der Waals surface area contributed by atoms with E-state index in [1.54, 1.807) is 12.3 Å². The summed E-state index contributed by atoms with van der Waals surface area (Å²) in [5, 5.41) is 12.8. The maximum Gasteiger partial charge on any atom is 0.120 e. The Morgan fingerprint density at radius 2 is 1.94 bits per heavy atom. The topological polar surface area (TPSA) is 45.1 Å². The number of rotatable bonds is 4. The summed E-state index contributed by atoms with van der Waals surface area (Å²) in [7, 11) is 0. The Bertz CT molecular complexity index is 485. The van der Waals surface area contributed by atoms with E-state index in [1.807, 2.05) is 30.3 Å². The Morgan fingerprint density at radius 3 is 2.65 bits per heavy atom. The average molecular weight is 293 g/mol. The van der Waals surface area contributed by atoms with Gasteiger partial charge in [-0.1, -0.05) is 18.2 Å². The monoisotopic (exact) mass is 292 g/mol. The molecule has 0 unspecified atom stereocenters. The zero-order chi connectivity index (χ0) is 12.1. The molecule has 0 spiro atoms. The number of nitrogens with zero attached hydrogens (tertiary/aromatic N) is 1. The van der Waals surface area contributed by atoms with E-state index in [0.29, 0.717) is 18.8 Å². The average Bonchev–Trinajstić information content (AvgIpc) is 2.34. The van der Waals surface area contributed by atoms with Crippen molar-refractivity contribution in [3.63, 3.8) is 0 Å². The Labute approximate surface area is 109 Å². The normalized spacial score (nSPS) is 10.4. The number of pyridine rings is 1. The van der Waals surface area contributed by atoms with Crippen LogP contribution in [0.25, 0.3) is 0 Å². The highest BCUT2D eigenvalue weighted by Gasteiger charge is 1.99. The number of para-hydroxylation sites is 1. The molecule has 0 bridgehead atoms. The number of nitrogens with one attached hydrogen (secondary N) is 1. The van der Waals surface area contributed by atoms with Crippen molar-refractivity contribution in [2.45, 2.75) is 13.1 Å². The zero-order valence-electron chi connectivity index (χ0n) is 9.23. The molecule has 0 fully saturated rings. The van der Waals surface area contributed by atoms with Crippen molar-refractivity contribution in [2.24, 2.45) is 0 Å². The predicted octanol–water partition coefficient (Wildman–Crippen LogP) is 2.84. The number of hydrogen-bond donors (Lipinski definition) is 2. The molecular weight excluding hydrogens is 280 g/mol. The maximum atomic E-state index is 9.58. The van der Waals surface area contributed by atoms with Gasteiger partial charge in [0.15, 0.2) is 0 Å². The molecule has 0 radical (unpaired) electrons. The van der Waals surface area contributed by atoms with Gasteiger partial charge < -0.3 is 10.4 Å². The third-order valence-electron chi connectivity index (χ3n) is 2.40. The van der Waals surface area contributed by atoms with E-state index in [1.165, 1.54) is 0 Å². The van der Waals surface area contributed by atoms with Crippen molar-refractivity contribution in [1.29, 1.82) is 0 Å². The van der Waals surface area contributed by atoms with Crippen molar-refractivity contribution in [2.75, 3.05) is 0 Å². The second kappa shape index (κ2) is 5.80. The van der Waals surface area contributed by atoms with E-state index in [0.717, 1.165) is 15.7 Å². The van der Waals surface area contributed by atoms with Crippen LogP contribution < -0.4 is 5.32 Å². The van der Waals surface area contributed by atoms with Gasteiger partial charge in [-0.2, -0.15) is 0 Å². The van der Waals surface area contributed by atoms with Crippen LogP contribution in [0.1, 0.15) is 11.3 Å². The molecule has 0 aliphatic carbocycles. The van der Waals surface area contributed by atoms with Gasteiger partial charge in [0.25, 0.3) is 0 Å². The molecule has 0 aliphatic rings. The first-order valence-corrected chi connectivity index (χ1v) is 6.13. The summed E-state index contributed by atoms with van der Waals surface area (Å²) in [6.45, 7) is 1.31. The van der Waals surface area contributed by atoms with Crippen LogP contribution in [0, 0.1) is 0 Å². The van der Waals surface area contributed by atoms with Gasteiger partial charge in [-0.25, -0.2) is 0 Å². The second-order valence-electron chi connectivity index (χ2n) is 3.70. The molecule has 88 valence electrons. The summed E-state index contributed by atoms with van der Waals surface area (Å²) >= 11 is 3.34.